The minimum atomic E-state index is -0.566. The third-order valence-electron chi connectivity index (χ3n) is 4.36. The number of nitrogens with one attached hydrogen (secondary N) is 1. The number of benzene rings is 2. The summed E-state index contributed by atoms with van der Waals surface area (Å²) in [6.45, 7) is 0.519. The van der Waals surface area contributed by atoms with Crippen molar-refractivity contribution in [3.05, 3.63) is 64.0 Å². The van der Waals surface area contributed by atoms with Gasteiger partial charge in [0, 0.05) is 12.6 Å². The molecule has 142 valence electrons. The second-order valence-corrected chi connectivity index (χ2v) is 6.45. The maximum Gasteiger partial charge on any atom is 0.296 e. The van der Waals surface area contributed by atoms with Gasteiger partial charge in [-0.2, -0.15) is 0 Å². The summed E-state index contributed by atoms with van der Waals surface area (Å²) in [6, 6.07) is 10.8. The number of nitro groups is 1. The number of carbonyl (C=O) groups excluding carboxylic acids is 1. The number of ether oxygens (including phenoxy) is 1. The van der Waals surface area contributed by atoms with E-state index in [0.717, 1.165) is 18.4 Å². The quantitative estimate of drug-likeness (QED) is 0.567. The molecule has 2 aromatic carbocycles. The molecule has 1 fully saturated rings. The average Bonchev–Trinajstić information content (AvgIpc) is 3.46. The highest BCUT2D eigenvalue weighted by Crippen LogP contribution is 2.30. The molecular formula is C19H20FN3O4. The van der Waals surface area contributed by atoms with Gasteiger partial charge < -0.3 is 10.1 Å². The van der Waals surface area contributed by atoms with Crippen molar-refractivity contribution in [1.82, 2.24) is 4.90 Å². The van der Waals surface area contributed by atoms with E-state index < -0.39 is 4.92 Å². The number of hydrogen-bond donors (Lipinski definition) is 1. The lowest BCUT2D eigenvalue weighted by Gasteiger charge is -2.21. The molecule has 0 atom stereocenters. The normalized spacial score (nSPS) is 13.4. The first-order valence-corrected chi connectivity index (χ1v) is 8.57. The van der Waals surface area contributed by atoms with Crippen molar-refractivity contribution in [2.24, 2.45) is 0 Å². The van der Waals surface area contributed by atoms with E-state index in [-0.39, 0.29) is 35.7 Å². The molecule has 0 heterocycles. The summed E-state index contributed by atoms with van der Waals surface area (Å²) in [4.78, 5) is 25.1. The molecule has 8 heteroatoms. The third-order valence-corrected chi connectivity index (χ3v) is 4.36. The Bertz CT molecular complexity index is 855. The number of amides is 1. The van der Waals surface area contributed by atoms with Gasteiger partial charge in [0.2, 0.25) is 5.91 Å². The van der Waals surface area contributed by atoms with Crippen LogP contribution in [-0.4, -0.2) is 35.4 Å². The van der Waals surface area contributed by atoms with Crippen LogP contribution in [0.2, 0.25) is 0 Å². The Hall–Kier alpha value is -3.00. The molecule has 0 unspecified atom stereocenters. The lowest BCUT2D eigenvalue weighted by atomic mass is 10.2. The van der Waals surface area contributed by atoms with Crippen molar-refractivity contribution in [3.8, 4) is 5.75 Å². The molecule has 1 aliphatic rings. The molecule has 27 heavy (non-hydrogen) atoms. The summed E-state index contributed by atoms with van der Waals surface area (Å²) in [5, 5.41) is 13.8. The van der Waals surface area contributed by atoms with E-state index in [9.17, 15) is 19.3 Å². The summed E-state index contributed by atoms with van der Waals surface area (Å²) >= 11 is 0. The molecule has 3 rings (SSSR count). The average molecular weight is 373 g/mol. The standard InChI is InChI=1S/C19H20FN3O4/c1-27-16-7-8-17(18(10-16)23(25)26)21-19(24)12-22(15-5-6-15)11-13-3-2-4-14(20)9-13/h2-4,7-10,15H,5-6,11-12H2,1H3,(H,21,24). The second kappa shape index (κ2) is 8.13. The third kappa shape index (κ3) is 5.01. The van der Waals surface area contributed by atoms with Crippen molar-refractivity contribution >= 4 is 17.3 Å². The van der Waals surface area contributed by atoms with Gasteiger partial charge in [-0.3, -0.25) is 19.8 Å². The zero-order valence-electron chi connectivity index (χ0n) is 14.9. The Morgan fingerprint density at radius 3 is 2.74 bits per heavy atom. The molecule has 0 radical (unpaired) electrons. The zero-order valence-corrected chi connectivity index (χ0v) is 14.9. The largest absolute Gasteiger partial charge is 0.496 e. The van der Waals surface area contributed by atoms with Gasteiger partial charge in [-0.25, -0.2) is 4.39 Å². The van der Waals surface area contributed by atoms with Crippen LogP contribution in [-0.2, 0) is 11.3 Å². The van der Waals surface area contributed by atoms with Gasteiger partial charge >= 0.3 is 0 Å². The van der Waals surface area contributed by atoms with Crippen LogP contribution in [0.4, 0.5) is 15.8 Å². The van der Waals surface area contributed by atoms with Crippen LogP contribution in [0.25, 0.3) is 0 Å². The number of anilines is 1. The van der Waals surface area contributed by atoms with Crippen LogP contribution in [0.15, 0.2) is 42.5 Å². The van der Waals surface area contributed by atoms with Gasteiger partial charge in [0.05, 0.1) is 24.6 Å². The van der Waals surface area contributed by atoms with E-state index in [4.69, 9.17) is 4.74 Å². The Labute approximate surface area is 155 Å². The SMILES string of the molecule is COc1ccc(NC(=O)CN(Cc2cccc(F)c2)C2CC2)c([N+](=O)[O-])c1. The first-order valence-electron chi connectivity index (χ1n) is 8.57. The van der Waals surface area contributed by atoms with E-state index in [1.165, 1.54) is 31.4 Å². The molecule has 0 bridgehead atoms. The predicted molar refractivity (Wildman–Crippen MR) is 98.1 cm³/mol. The van der Waals surface area contributed by atoms with Crippen LogP contribution >= 0.6 is 0 Å². The molecule has 0 saturated heterocycles. The Morgan fingerprint density at radius 2 is 2.11 bits per heavy atom. The monoisotopic (exact) mass is 373 g/mol. The maximum atomic E-state index is 13.4. The lowest BCUT2D eigenvalue weighted by molar-refractivity contribution is -0.384. The highest BCUT2D eigenvalue weighted by atomic mass is 19.1. The summed E-state index contributed by atoms with van der Waals surface area (Å²) in [7, 11) is 1.41. The summed E-state index contributed by atoms with van der Waals surface area (Å²) in [5.41, 5.74) is 0.670. The molecule has 1 aliphatic carbocycles. The topological polar surface area (TPSA) is 84.7 Å². The van der Waals surface area contributed by atoms with Crippen molar-refractivity contribution in [2.75, 3.05) is 19.0 Å². The molecule has 2 aromatic rings. The van der Waals surface area contributed by atoms with Gasteiger partial charge in [-0.05, 0) is 42.7 Å². The van der Waals surface area contributed by atoms with Crippen molar-refractivity contribution in [3.63, 3.8) is 0 Å². The van der Waals surface area contributed by atoms with E-state index >= 15 is 0 Å². The second-order valence-electron chi connectivity index (χ2n) is 6.45. The Morgan fingerprint density at radius 1 is 1.33 bits per heavy atom. The Balaban J connectivity index is 1.69. The van der Waals surface area contributed by atoms with Crippen LogP contribution in [0, 0.1) is 15.9 Å². The summed E-state index contributed by atoms with van der Waals surface area (Å²) < 4.78 is 18.4. The fourth-order valence-corrected chi connectivity index (χ4v) is 2.89. The van der Waals surface area contributed by atoms with Gasteiger partial charge in [0.1, 0.15) is 17.3 Å². The number of carbonyl (C=O) groups is 1. The smallest absolute Gasteiger partial charge is 0.296 e. The first-order chi connectivity index (χ1) is 13.0. The lowest BCUT2D eigenvalue weighted by Crippen LogP contribution is -2.34. The van der Waals surface area contributed by atoms with Crippen LogP contribution in [0.1, 0.15) is 18.4 Å². The first kappa shape index (κ1) is 18.8. The fourth-order valence-electron chi connectivity index (χ4n) is 2.89. The molecule has 1 amide bonds. The van der Waals surface area contributed by atoms with E-state index in [0.29, 0.717) is 12.3 Å². The van der Waals surface area contributed by atoms with Gasteiger partial charge in [0.15, 0.2) is 0 Å². The van der Waals surface area contributed by atoms with Crippen LogP contribution in [0.5, 0.6) is 5.75 Å². The number of halogens is 1. The van der Waals surface area contributed by atoms with Crippen LogP contribution in [0.3, 0.4) is 0 Å². The highest BCUT2D eigenvalue weighted by Gasteiger charge is 2.30. The minimum absolute atomic E-state index is 0.0738. The fraction of sp³-hybridized carbons (Fsp3) is 0.316. The number of rotatable bonds is 8. The van der Waals surface area contributed by atoms with Gasteiger partial charge in [-0.15, -0.1) is 0 Å². The zero-order chi connectivity index (χ0) is 19.4. The number of hydrogen-bond acceptors (Lipinski definition) is 5. The predicted octanol–water partition coefficient (Wildman–Crippen LogP) is 3.35. The molecule has 1 saturated carbocycles. The molecule has 7 nitrogen and oxygen atoms in total. The number of nitro benzene ring substituents is 1. The Kier molecular flexibility index (Phi) is 5.66. The molecule has 0 aliphatic heterocycles. The molecule has 1 N–H and O–H groups in total. The van der Waals surface area contributed by atoms with Crippen molar-refractivity contribution in [1.29, 1.82) is 0 Å². The van der Waals surface area contributed by atoms with E-state index in [2.05, 4.69) is 5.32 Å². The summed E-state index contributed by atoms with van der Waals surface area (Å²) in [6.07, 6.45) is 1.95. The molecule has 0 aromatic heterocycles. The number of methoxy groups -OCH3 is 1. The van der Waals surface area contributed by atoms with Gasteiger partial charge in [-0.1, -0.05) is 12.1 Å². The molecular weight excluding hydrogens is 353 g/mol. The van der Waals surface area contributed by atoms with Gasteiger partial charge in [0.25, 0.3) is 5.69 Å². The molecule has 0 spiro atoms. The number of nitrogens with zero attached hydrogens (tertiary/aromatic N) is 2. The van der Waals surface area contributed by atoms with Crippen LogP contribution < -0.4 is 10.1 Å². The summed E-state index contributed by atoms with van der Waals surface area (Å²) in [5.74, 6) is -0.335. The van der Waals surface area contributed by atoms with E-state index in [1.54, 1.807) is 12.1 Å². The minimum Gasteiger partial charge on any atom is -0.496 e. The van der Waals surface area contributed by atoms with Crippen molar-refractivity contribution in [2.45, 2.75) is 25.4 Å². The van der Waals surface area contributed by atoms with E-state index in [1.807, 2.05) is 11.0 Å². The highest BCUT2D eigenvalue weighted by molar-refractivity contribution is 5.94. The van der Waals surface area contributed by atoms with Crippen molar-refractivity contribution < 1.29 is 18.8 Å². The maximum absolute atomic E-state index is 13.4.